The van der Waals surface area contributed by atoms with Crippen LogP contribution in [0.3, 0.4) is 0 Å². The number of hydrogen-bond acceptors (Lipinski definition) is 6. The maximum atomic E-state index is 12.2. The molecule has 0 aromatic carbocycles. The van der Waals surface area contributed by atoms with Crippen molar-refractivity contribution in [3.63, 3.8) is 0 Å². The van der Waals surface area contributed by atoms with Gasteiger partial charge < -0.3 is 9.47 Å². The van der Waals surface area contributed by atoms with E-state index in [2.05, 4.69) is 4.98 Å². The number of aromatic nitrogens is 2. The molecule has 1 aromatic heterocycles. The van der Waals surface area contributed by atoms with Gasteiger partial charge in [-0.2, -0.15) is 0 Å². The van der Waals surface area contributed by atoms with Crippen LogP contribution in [-0.4, -0.2) is 33.7 Å². The van der Waals surface area contributed by atoms with Gasteiger partial charge in [-0.15, -0.1) is 0 Å². The van der Waals surface area contributed by atoms with Gasteiger partial charge in [0.15, 0.2) is 0 Å². The van der Waals surface area contributed by atoms with Crippen LogP contribution in [0, 0.1) is 6.92 Å². The van der Waals surface area contributed by atoms with Gasteiger partial charge in [-0.3, -0.25) is 14.2 Å². The number of esters is 2. The Labute approximate surface area is 122 Å². The molecular weight excluding hydrogens is 276 g/mol. The van der Waals surface area contributed by atoms with Crippen LogP contribution in [0.4, 0.5) is 0 Å². The average Bonchev–Trinajstić information content (AvgIpc) is 2.32. The van der Waals surface area contributed by atoms with E-state index in [1.807, 2.05) is 0 Å². The van der Waals surface area contributed by atoms with Crippen molar-refractivity contribution in [1.29, 1.82) is 0 Å². The highest BCUT2D eigenvalue weighted by Crippen LogP contribution is 2.08. The predicted molar refractivity (Wildman–Crippen MR) is 75.0 cm³/mol. The van der Waals surface area contributed by atoms with Crippen molar-refractivity contribution in [3.05, 3.63) is 27.9 Å². The fourth-order valence-electron chi connectivity index (χ4n) is 1.61. The van der Waals surface area contributed by atoms with Gasteiger partial charge >= 0.3 is 11.9 Å². The van der Waals surface area contributed by atoms with Gasteiger partial charge in [0.1, 0.15) is 23.5 Å². The van der Waals surface area contributed by atoms with Gasteiger partial charge in [0.25, 0.3) is 5.56 Å². The zero-order chi connectivity index (χ0) is 16.2. The lowest BCUT2D eigenvalue weighted by atomic mass is 10.2. The van der Waals surface area contributed by atoms with Gasteiger partial charge in [0, 0.05) is 6.20 Å². The summed E-state index contributed by atoms with van der Waals surface area (Å²) >= 11 is 0. The molecule has 0 radical (unpaired) electrons. The molecule has 1 rings (SSSR count). The number of rotatable bonds is 4. The summed E-state index contributed by atoms with van der Waals surface area (Å²) < 4.78 is 11.0. The Hall–Kier alpha value is -2.18. The van der Waals surface area contributed by atoms with E-state index in [0.29, 0.717) is 5.82 Å². The summed E-state index contributed by atoms with van der Waals surface area (Å²) in [6, 6.07) is 0. The van der Waals surface area contributed by atoms with Crippen molar-refractivity contribution in [3.8, 4) is 0 Å². The highest BCUT2D eigenvalue weighted by atomic mass is 16.6. The van der Waals surface area contributed by atoms with Gasteiger partial charge in [-0.05, 0) is 34.6 Å². The summed E-state index contributed by atoms with van der Waals surface area (Å²) in [5.41, 5.74) is -1.47. The molecule has 0 amide bonds. The van der Waals surface area contributed by atoms with Crippen molar-refractivity contribution in [2.75, 3.05) is 6.61 Å². The molecule has 0 saturated carbocycles. The number of aryl methyl sites for hydroxylation is 1. The minimum Gasteiger partial charge on any atom is -0.462 e. The van der Waals surface area contributed by atoms with Crippen molar-refractivity contribution < 1.29 is 19.1 Å². The third kappa shape index (κ3) is 4.70. The van der Waals surface area contributed by atoms with E-state index < -0.39 is 23.1 Å². The fraction of sp³-hybridized carbons (Fsp3) is 0.571. The number of carbonyl (C=O) groups excluding carboxylic acids is 2. The minimum absolute atomic E-state index is 0.151. The Balaban J connectivity index is 3.08. The third-order valence-corrected chi connectivity index (χ3v) is 2.45. The van der Waals surface area contributed by atoms with E-state index in [1.165, 1.54) is 0 Å². The molecule has 21 heavy (non-hydrogen) atoms. The summed E-state index contributed by atoms with van der Waals surface area (Å²) in [6.07, 6.45) is 1.15. The monoisotopic (exact) mass is 296 g/mol. The topological polar surface area (TPSA) is 87.5 Å². The third-order valence-electron chi connectivity index (χ3n) is 2.45. The molecule has 1 aromatic rings. The summed E-state index contributed by atoms with van der Waals surface area (Å²) in [5.74, 6) is -1.01. The fourth-order valence-corrected chi connectivity index (χ4v) is 1.61. The van der Waals surface area contributed by atoms with Crippen LogP contribution in [0.5, 0.6) is 0 Å². The zero-order valence-electron chi connectivity index (χ0n) is 12.9. The Bertz CT molecular complexity index is 598. The second-order valence-corrected chi connectivity index (χ2v) is 5.42. The lowest BCUT2D eigenvalue weighted by Crippen LogP contribution is -2.34. The quantitative estimate of drug-likeness (QED) is 0.772. The van der Waals surface area contributed by atoms with E-state index in [1.54, 1.807) is 34.6 Å². The summed E-state index contributed by atoms with van der Waals surface area (Å²) in [6.45, 7) is 8.25. The standard InChI is InChI=1S/C14H20N2O5/c1-6-20-13(19)10-7-15-9(2)16(12(10)18)8-11(17)21-14(3,4)5/h7H,6,8H2,1-5H3. The summed E-state index contributed by atoms with van der Waals surface area (Å²) in [5, 5.41) is 0. The molecule has 0 aliphatic carbocycles. The molecule has 7 heteroatoms. The van der Waals surface area contributed by atoms with E-state index in [4.69, 9.17) is 9.47 Å². The highest BCUT2D eigenvalue weighted by molar-refractivity contribution is 5.88. The number of nitrogens with zero attached hydrogens (tertiary/aromatic N) is 2. The van der Waals surface area contributed by atoms with E-state index in [-0.39, 0.29) is 18.7 Å². The Kier molecular flexibility index (Phi) is 5.23. The summed E-state index contributed by atoms with van der Waals surface area (Å²) in [4.78, 5) is 39.6. The second-order valence-electron chi connectivity index (χ2n) is 5.42. The zero-order valence-corrected chi connectivity index (χ0v) is 12.9. The van der Waals surface area contributed by atoms with Crippen molar-refractivity contribution in [1.82, 2.24) is 9.55 Å². The highest BCUT2D eigenvalue weighted by Gasteiger charge is 2.20. The summed E-state index contributed by atoms with van der Waals surface area (Å²) in [7, 11) is 0. The van der Waals surface area contributed by atoms with E-state index >= 15 is 0 Å². The van der Waals surface area contributed by atoms with Crippen LogP contribution in [0.2, 0.25) is 0 Å². The van der Waals surface area contributed by atoms with Crippen LogP contribution in [0.15, 0.2) is 11.0 Å². The normalized spacial score (nSPS) is 11.1. The molecule has 0 aliphatic rings. The van der Waals surface area contributed by atoms with Crippen LogP contribution in [0.25, 0.3) is 0 Å². The van der Waals surface area contributed by atoms with Crippen LogP contribution in [-0.2, 0) is 20.8 Å². The molecule has 116 valence electrons. The Morgan fingerprint density at radius 3 is 2.48 bits per heavy atom. The Morgan fingerprint density at radius 1 is 1.33 bits per heavy atom. The first-order valence-electron chi connectivity index (χ1n) is 6.61. The molecule has 1 heterocycles. The number of ether oxygens (including phenoxy) is 2. The number of hydrogen-bond donors (Lipinski definition) is 0. The lowest BCUT2D eigenvalue weighted by molar-refractivity contribution is -0.155. The SMILES string of the molecule is CCOC(=O)c1cnc(C)n(CC(=O)OC(C)(C)C)c1=O. The first kappa shape index (κ1) is 16.9. The first-order chi connectivity index (χ1) is 9.65. The van der Waals surface area contributed by atoms with Gasteiger partial charge in [0.2, 0.25) is 0 Å². The molecular formula is C14H20N2O5. The molecule has 0 N–H and O–H groups in total. The molecule has 0 spiro atoms. The molecule has 0 saturated heterocycles. The predicted octanol–water partition coefficient (Wildman–Crippen LogP) is 1.07. The number of carbonyl (C=O) groups is 2. The first-order valence-corrected chi connectivity index (χ1v) is 6.61. The van der Waals surface area contributed by atoms with Gasteiger partial charge in [0.05, 0.1) is 6.61 Å². The van der Waals surface area contributed by atoms with Crippen molar-refractivity contribution in [2.24, 2.45) is 0 Å². The maximum absolute atomic E-state index is 12.2. The smallest absolute Gasteiger partial charge is 0.345 e. The largest absolute Gasteiger partial charge is 0.462 e. The molecule has 0 fully saturated rings. The molecule has 0 unspecified atom stereocenters. The molecule has 0 atom stereocenters. The minimum atomic E-state index is -0.757. The molecule has 0 aliphatic heterocycles. The average molecular weight is 296 g/mol. The van der Waals surface area contributed by atoms with Crippen LogP contribution >= 0.6 is 0 Å². The van der Waals surface area contributed by atoms with Gasteiger partial charge in [-0.25, -0.2) is 9.78 Å². The molecule has 7 nitrogen and oxygen atoms in total. The second kappa shape index (κ2) is 6.51. The maximum Gasteiger partial charge on any atom is 0.345 e. The lowest BCUT2D eigenvalue weighted by Gasteiger charge is -2.20. The van der Waals surface area contributed by atoms with Crippen LogP contribution in [0.1, 0.15) is 43.9 Å². The Morgan fingerprint density at radius 2 is 1.95 bits per heavy atom. The van der Waals surface area contributed by atoms with Crippen molar-refractivity contribution >= 4 is 11.9 Å². The molecule has 0 bridgehead atoms. The van der Waals surface area contributed by atoms with E-state index in [9.17, 15) is 14.4 Å². The van der Waals surface area contributed by atoms with Crippen LogP contribution < -0.4 is 5.56 Å². The van der Waals surface area contributed by atoms with Crippen molar-refractivity contribution in [2.45, 2.75) is 46.8 Å². The van der Waals surface area contributed by atoms with E-state index in [0.717, 1.165) is 10.8 Å². The van der Waals surface area contributed by atoms with Gasteiger partial charge in [-0.1, -0.05) is 0 Å².